The van der Waals surface area contributed by atoms with E-state index in [2.05, 4.69) is 27.4 Å². The predicted molar refractivity (Wildman–Crippen MR) is 98.3 cm³/mol. The first-order chi connectivity index (χ1) is 12.2. The minimum atomic E-state index is -0.542. The molecule has 1 aliphatic heterocycles. The summed E-state index contributed by atoms with van der Waals surface area (Å²) in [7, 11) is 0. The van der Waals surface area contributed by atoms with E-state index in [-0.39, 0.29) is 0 Å². The third kappa shape index (κ3) is 4.27. The fourth-order valence-corrected chi connectivity index (χ4v) is 3.50. The zero-order chi connectivity index (χ0) is 17.6. The summed E-state index contributed by atoms with van der Waals surface area (Å²) >= 11 is 0. The van der Waals surface area contributed by atoms with E-state index >= 15 is 0 Å². The molecule has 1 amide bonds. The maximum atomic E-state index is 11.1. The average molecular weight is 342 g/mol. The summed E-state index contributed by atoms with van der Waals surface area (Å²) in [6, 6.07) is 6.46. The second-order valence-electron chi connectivity index (χ2n) is 6.66. The number of aromatic nitrogens is 2. The molecule has 0 aliphatic carbocycles. The van der Waals surface area contributed by atoms with E-state index in [0.29, 0.717) is 6.04 Å². The van der Waals surface area contributed by atoms with Gasteiger partial charge in [-0.2, -0.15) is 0 Å². The van der Waals surface area contributed by atoms with Gasteiger partial charge in [0.2, 0.25) is 0 Å². The number of unbranched alkanes of at least 4 members (excludes halogenated alkanes) is 1. The Morgan fingerprint density at radius 2 is 2.36 bits per heavy atom. The minimum Gasteiger partial charge on any atom is -0.326 e. The number of rotatable bonds is 6. The summed E-state index contributed by atoms with van der Waals surface area (Å²) in [5.74, 6) is -0.542. The predicted octanol–water partition coefficient (Wildman–Crippen LogP) is 2.99. The lowest BCUT2D eigenvalue weighted by atomic mass is 10.0. The molecule has 25 heavy (non-hydrogen) atoms. The fourth-order valence-electron chi connectivity index (χ4n) is 3.50. The van der Waals surface area contributed by atoms with Gasteiger partial charge in [0.25, 0.3) is 5.91 Å². The summed E-state index contributed by atoms with van der Waals surface area (Å²) in [4.78, 5) is 18.2. The third-order valence-corrected chi connectivity index (χ3v) is 4.84. The van der Waals surface area contributed by atoms with Gasteiger partial charge in [0.1, 0.15) is 0 Å². The molecule has 6 nitrogen and oxygen atoms in total. The summed E-state index contributed by atoms with van der Waals surface area (Å²) in [6.07, 6.45) is 9.81. The van der Waals surface area contributed by atoms with Gasteiger partial charge in [0.15, 0.2) is 0 Å². The van der Waals surface area contributed by atoms with Crippen molar-refractivity contribution in [2.75, 3.05) is 19.6 Å². The molecular weight excluding hydrogens is 316 g/mol. The van der Waals surface area contributed by atoms with E-state index in [4.69, 9.17) is 5.21 Å². The molecule has 1 saturated heterocycles. The van der Waals surface area contributed by atoms with Gasteiger partial charge in [0, 0.05) is 18.7 Å². The zero-order valence-corrected chi connectivity index (χ0v) is 14.7. The number of likely N-dealkylation sites (tertiary alicyclic amines) is 1. The molecule has 2 heterocycles. The minimum absolute atomic E-state index is 0.470. The van der Waals surface area contributed by atoms with Crippen LogP contribution in [0.5, 0.6) is 0 Å². The summed E-state index contributed by atoms with van der Waals surface area (Å²) < 4.78 is 2.29. The van der Waals surface area contributed by atoms with Crippen molar-refractivity contribution >= 4 is 23.0 Å². The number of nitrogens with zero attached hydrogens (tertiary/aromatic N) is 3. The lowest BCUT2D eigenvalue weighted by Gasteiger charge is -2.33. The largest absolute Gasteiger partial charge is 0.326 e. The summed E-state index contributed by atoms with van der Waals surface area (Å²) in [5, 5.41) is 8.54. The molecule has 0 saturated carbocycles. The maximum Gasteiger partial charge on any atom is 0.267 e. The molecule has 2 N–H and O–H groups in total. The summed E-state index contributed by atoms with van der Waals surface area (Å²) in [6.45, 7) is 5.71. The monoisotopic (exact) mass is 342 g/mol. The fraction of sp³-hybridized carbons (Fsp3) is 0.474. The average Bonchev–Trinajstić information content (AvgIpc) is 3.07. The normalized spacial score (nSPS) is 18.9. The van der Waals surface area contributed by atoms with Crippen LogP contribution in [0.3, 0.4) is 0 Å². The third-order valence-electron chi connectivity index (χ3n) is 4.84. The van der Waals surface area contributed by atoms with E-state index in [1.807, 2.05) is 18.5 Å². The second kappa shape index (κ2) is 8.27. The number of piperidine rings is 1. The van der Waals surface area contributed by atoms with Gasteiger partial charge in [-0.3, -0.25) is 10.0 Å². The highest BCUT2D eigenvalue weighted by Crippen LogP contribution is 2.26. The van der Waals surface area contributed by atoms with Crippen molar-refractivity contribution in [3.05, 3.63) is 36.2 Å². The van der Waals surface area contributed by atoms with Crippen LogP contribution in [0.1, 0.15) is 44.2 Å². The number of benzene rings is 1. The van der Waals surface area contributed by atoms with Crippen LogP contribution < -0.4 is 5.48 Å². The topological polar surface area (TPSA) is 70.4 Å². The molecule has 0 bridgehead atoms. The van der Waals surface area contributed by atoms with Crippen LogP contribution in [0.15, 0.2) is 30.6 Å². The number of amides is 1. The van der Waals surface area contributed by atoms with Gasteiger partial charge in [0.05, 0.1) is 17.4 Å². The van der Waals surface area contributed by atoms with E-state index in [1.165, 1.54) is 44.8 Å². The van der Waals surface area contributed by atoms with Gasteiger partial charge in [-0.05, 0) is 56.1 Å². The van der Waals surface area contributed by atoms with E-state index in [9.17, 15) is 4.79 Å². The van der Waals surface area contributed by atoms with Crippen LogP contribution >= 0.6 is 0 Å². The van der Waals surface area contributed by atoms with Crippen molar-refractivity contribution in [1.29, 1.82) is 0 Å². The molecule has 1 unspecified atom stereocenters. The SMILES string of the molecule is CCCCN1CCCC(n2cnc3cc(C=CC(=O)NO)ccc32)C1. The number of nitrogens with one attached hydrogen (secondary N) is 1. The number of fused-ring (bicyclic) bond motifs is 1. The molecular formula is C19H26N4O2. The van der Waals surface area contributed by atoms with Crippen molar-refractivity contribution in [3.8, 4) is 0 Å². The molecule has 1 fully saturated rings. The van der Waals surface area contributed by atoms with Crippen LogP contribution in [-0.4, -0.2) is 45.2 Å². The van der Waals surface area contributed by atoms with Gasteiger partial charge >= 0.3 is 0 Å². The van der Waals surface area contributed by atoms with Crippen LogP contribution in [0, 0.1) is 0 Å². The number of hydrogen-bond donors (Lipinski definition) is 2. The Kier molecular flexibility index (Phi) is 5.83. The Morgan fingerprint density at radius 1 is 1.48 bits per heavy atom. The first-order valence-corrected chi connectivity index (χ1v) is 9.02. The molecule has 1 atom stereocenters. The zero-order valence-electron chi connectivity index (χ0n) is 14.7. The molecule has 2 aromatic rings. The number of carbonyl (C=O) groups is 1. The molecule has 1 aromatic carbocycles. The maximum absolute atomic E-state index is 11.1. The van der Waals surface area contributed by atoms with Crippen LogP contribution in [0.4, 0.5) is 0 Å². The second-order valence-corrected chi connectivity index (χ2v) is 6.66. The quantitative estimate of drug-likeness (QED) is 0.481. The highest BCUT2D eigenvalue weighted by molar-refractivity contribution is 5.91. The van der Waals surface area contributed by atoms with Crippen molar-refractivity contribution < 1.29 is 10.0 Å². The molecule has 1 aliphatic rings. The lowest BCUT2D eigenvalue weighted by molar-refractivity contribution is -0.124. The number of carbonyl (C=O) groups excluding carboxylic acids is 1. The Labute approximate surface area is 148 Å². The van der Waals surface area contributed by atoms with Gasteiger partial charge in [-0.1, -0.05) is 19.4 Å². The van der Waals surface area contributed by atoms with Gasteiger partial charge in [-0.15, -0.1) is 0 Å². The van der Waals surface area contributed by atoms with Crippen LogP contribution in [-0.2, 0) is 4.79 Å². The van der Waals surface area contributed by atoms with Crippen molar-refractivity contribution in [3.63, 3.8) is 0 Å². The van der Waals surface area contributed by atoms with Crippen LogP contribution in [0.25, 0.3) is 17.1 Å². The van der Waals surface area contributed by atoms with Crippen molar-refractivity contribution in [2.45, 2.75) is 38.6 Å². The number of hydrogen-bond acceptors (Lipinski definition) is 4. The standard InChI is InChI=1S/C19H26N4O2/c1-2-3-10-22-11-4-5-16(13-22)23-14-20-17-12-15(6-8-18(17)23)7-9-19(24)21-25/h6-9,12,14,16,25H,2-5,10-11,13H2,1H3,(H,21,24). The molecule has 3 rings (SSSR count). The number of imidazole rings is 1. The first-order valence-electron chi connectivity index (χ1n) is 9.02. The highest BCUT2D eigenvalue weighted by atomic mass is 16.5. The highest BCUT2D eigenvalue weighted by Gasteiger charge is 2.22. The van der Waals surface area contributed by atoms with E-state index in [0.717, 1.165) is 23.1 Å². The first kappa shape index (κ1) is 17.6. The Hall–Kier alpha value is -2.18. The summed E-state index contributed by atoms with van der Waals surface area (Å²) in [5.41, 5.74) is 4.53. The van der Waals surface area contributed by atoms with E-state index in [1.54, 1.807) is 11.6 Å². The van der Waals surface area contributed by atoms with Crippen molar-refractivity contribution in [1.82, 2.24) is 19.9 Å². The number of hydroxylamine groups is 1. The molecule has 0 radical (unpaired) electrons. The molecule has 134 valence electrons. The molecule has 0 spiro atoms. The van der Waals surface area contributed by atoms with Crippen LogP contribution in [0.2, 0.25) is 0 Å². The lowest BCUT2D eigenvalue weighted by Crippen LogP contribution is -2.36. The van der Waals surface area contributed by atoms with Crippen molar-refractivity contribution in [2.24, 2.45) is 0 Å². The Bertz CT molecular complexity index is 753. The Balaban J connectivity index is 1.76. The van der Waals surface area contributed by atoms with E-state index < -0.39 is 5.91 Å². The molecule has 6 heteroatoms. The Morgan fingerprint density at radius 3 is 3.16 bits per heavy atom. The molecule has 1 aromatic heterocycles. The van der Waals surface area contributed by atoms with Gasteiger partial charge in [-0.25, -0.2) is 10.5 Å². The smallest absolute Gasteiger partial charge is 0.267 e. The van der Waals surface area contributed by atoms with Gasteiger partial charge < -0.3 is 9.47 Å².